The van der Waals surface area contributed by atoms with Crippen LogP contribution in [-0.2, 0) is 9.63 Å². The van der Waals surface area contributed by atoms with Crippen molar-refractivity contribution in [3.8, 4) is 5.75 Å². The summed E-state index contributed by atoms with van der Waals surface area (Å²) >= 11 is 0. The minimum absolute atomic E-state index is 0.120. The average molecular weight is 223 g/mol. The molecule has 0 saturated heterocycles. The quantitative estimate of drug-likeness (QED) is 0.775. The lowest BCUT2D eigenvalue weighted by Gasteiger charge is -2.11. The van der Waals surface area contributed by atoms with Crippen molar-refractivity contribution >= 4 is 5.91 Å². The summed E-state index contributed by atoms with van der Waals surface area (Å²) in [4.78, 5) is 15.8. The number of amides is 1. The van der Waals surface area contributed by atoms with E-state index in [1.54, 1.807) is 7.11 Å². The van der Waals surface area contributed by atoms with E-state index in [0.29, 0.717) is 6.42 Å². The second-order valence-electron chi connectivity index (χ2n) is 3.61. The Balaban J connectivity index is 2.58. The molecule has 4 heteroatoms. The third-order valence-electron chi connectivity index (χ3n) is 2.39. The molecule has 16 heavy (non-hydrogen) atoms. The molecule has 0 aliphatic rings. The van der Waals surface area contributed by atoms with E-state index in [4.69, 9.17) is 4.74 Å². The third kappa shape index (κ3) is 3.55. The number of hydroxylamine groups is 1. The lowest BCUT2D eigenvalue weighted by atomic mass is 9.97. The number of rotatable bonds is 5. The molecule has 0 fully saturated rings. The zero-order valence-corrected chi connectivity index (χ0v) is 9.82. The maximum Gasteiger partial charge on any atom is 0.244 e. The molecule has 0 bridgehead atoms. The normalized spacial score (nSPS) is 11.9. The predicted octanol–water partition coefficient (Wildman–Crippen LogP) is 1.87. The van der Waals surface area contributed by atoms with Crippen LogP contribution in [0.25, 0.3) is 0 Å². The van der Waals surface area contributed by atoms with Gasteiger partial charge < -0.3 is 4.74 Å². The fraction of sp³-hybridized carbons (Fsp3) is 0.417. The standard InChI is InChI=1S/C12H17NO3/c1-9(8-12(14)13-16-3)10-4-6-11(15-2)7-5-10/h4-7,9H,8H2,1-3H3,(H,13,14). The van der Waals surface area contributed by atoms with Crippen molar-refractivity contribution in [3.63, 3.8) is 0 Å². The second-order valence-corrected chi connectivity index (χ2v) is 3.61. The molecule has 0 aromatic heterocycles. The van der Waals surface area contributed by atoms with Crippen molar-refractivity contribution in [3.05, 3.63) is 29.8 Å². The van der Waals surface area contributed by atoms with Crippen LogP contribution in [0.1, 0.15) is 24.8 Å². The van der Waals surface area contributed by atoms with Crippen LogP contribution in [0.15, 0.2) is 24.3 Å². The van der Waals surface area contributed by atoms with Crippen molar-refractivity contribution < 1.29 is 14.4 Å². The van der Waals surface area contributed by atoms with Crippen LogP contribution >= 0.6 is 0 Å². The van der Waals surface area contributed by atoms with Crippen LogP contribution in [0.4, 0.5) is 0 Å². The molecular weight excluding hydrogens is 206 g/mol. The first kappa shape index (κ1) is 12.5. The number of hydrogen-bond acceptors (Lipinski definition) is 3. The molecule has 0 saturated carbocycles. The van der Waals surface area contributed by atoms with Gasteiger partial charge in [-0.3, -0.25) is 9.63 Å². The number of methoxy groups -OCH3 is 1. The largest absolute Gasteiger partial charge is 0.497 e. The van der Waals surface area contributed by atoms with Crippen molar-refractivity contribution in [2.45, 2.75) is 19.3 Å². The van der Waals surface area contributed by atoms with E-state index in [2.05, 4.69) is 10.3 Å². The SMILES string of the molecule is CONC(=O)CC(C)c1ccc(OC)cc1. The van der Waals surface area contributed by atoms with Crippen molar-refractivity contribution in [1.29, 1.82) is 0 Å². The number of benzene rings is 1. The summed E-state index contributed by atoms with van der Waals surface area (Å²) in [6.07, 6.45) is 0.403. The van der Waals surface area contributed by atoms with Crippen LogP contribution in [0, 0.1) is 0 Å². The van der Waals surface area contributed by atoms with Crippen LogP contribution in [0.2, 0.25) is 0 Å². The topological polar surface area (TPSA) is 47.6 Å². The number of ether oxygens (including phenoxy) is 1. The minimum atomic E-state index is -0.120. The van der Waals surface area contributed by atoms with E-state index in [9.17, 15) is 4.79 Å². The van der Waals surface area contributed by atoms with Gasteiger partial charge >= 0.3 is 0 Å². The number of carbonyl (C=O) groups is 1. The molecule has 0 aliphatic heterocycles. The summed E-state index contributed by atoms with van der Waals surface area (Å²) in [6, 6.07) is 7.70. The molecule has 1 unspecified atom stereocenters. The first-order valence-corrected chi connectivity index (χ1v) is 5.13. The lowest BCUT2D eigenvalue weighted by molar-refractivity contribution is -0.131. The predicted molar refractivity (Wildman–Crippen MR) is 61.2 cm³/mol. The van der Waals surface area contributed by atoms with Crippen molar-refractivity contribution in [1.82, 2.24) is 5.48 Å². The lowest BCUT2D eigenvalue weighted by Crippen LogP contribution is -2.23. The average Bonchev–Trinajstić information content (AvgIpc) is 2.29. The molecule has 1 atom stereocenters. The van der Waals surface area contributed by atoms with Crippen LogP contribution in [0.5, 0.6) is 5.75 Å². The van der Waals surface area contributed by atoms with E-state index in [1.807, 2.05) is 31.2 Å². The molecule has 4 nitrogen and oxygen atoms in total. The second kappa shape index (κ2) is 6.12. The summed E-state index contributed by atoms with van der Waals surface area (Å²) in [5.74, 6) is 0.851. The van der Waals surface area contributed by atoms with E-state index in [0.717, 1.165) is 11.3 Å². The summed E-state index contributed by atoms with van der Waals surface area (Å²) in [7, 11) is 3.06. The van der Waals surface area contributed by atoms with Gasteiger partial charge in [0.1, 0.15) is 5.75 Å². The monoisotopic (exact) mass is 223 g/mol. The Morgan fingerprint density at radius 2 is 1.94 bits per heavy atom. The van der Waals surface area contributed by atoms with Gasteiger partial charge in [-0.1, -0.05) is 19.1 Å². The third-order valence-corrected chi connectivity index (χ3v) is 2.39. The number of nitrogens with one attached hydrogen (secondary N) is 1. The fourth-order valence-electron chi connectivity index (χ4n) is 1.48. The molecule has 0 aliphatic carbocycles. The van der Waals surface area contributed by atoms with Gasteiger partial charge in [-0.05, 0) is 23.6 Å². The molecule has 1 rings (SSSR count). The van der Waals surface area contributed by atoms with Gasteiger partial charge in [-0.2, -0.15) is 0 Å². The zero-order chi connectivity index (χ0) is 12.0. The Morgan fingerprint density at radius 1 is 1.31 bits per heavy atom. The highest BCUT2D eigenvalue weighted by Gasteiger charge is 2.10. The van der Waals surface area contributed by atoms with Gasteiger partial charge in [0.2, 0.25) is 5.91 Å². The van der Waals surface area contributed by atoms with E-state index >= 15 is 0 Å². The smallest absolute Gasteiger partial charge is 0.244 e. The minimum Gasteiger partial charge on any atom is -0.497 e. The molecule has 0 spiro atoms. The first-order valence-electron chi connectivity index (χ1n) is 5.13. The highest BCUT2D eigenvalue weighted by atomic mass is 16.6. The molecule has 0 radical (unpaired) electrons. The van der Waals surface area contributed by atoms with Gasteiger partial charge in [0.15, 0.2) is 0 Å². The van der Waals surface area contributed by atoms with Gasteiger partial charge in [0.05, 0.1) is 14.2 Å². The molecule has 1 aromatic rings. The van der Waals surface area contributed by atoms with Crippen LogP contribution in [-0.4, -0.2) is 20.1 Å². The van der Waals surface area contributed by atoms with Crippen molar-refractivity contribution in [2.75, 3.05) is 14.2 Å². The fourth-order valence-corrected chi connectivity index (χ4v) is 1.48. The zero-order valence-electron chi connectivity index (χ0n) is 9.82. The Labute approximate surface area is 95.5 Å². The van der Waals surface area contributed by atoms with Crippen molar-refractivity contribution in [2.24, 2.45) is 0 Å². The molecule has 88 valence electrons. The van der Waals surface area contributed by atoms with E-state index in [-0.39, 0.29) is 11.8 Å². The maximum absolute atomic E-state index is 11.3. The van der Waals surface area contributed by atoms with E-state index < -0.39 is 0 Å². The summed E-state index contributed by atoms with van der Waals surface area (Å²) in [5, 5.41) is 0. The molecule has 0 heterocycles. The first-order chi connectivity index (χ1) is 7.67. The summed E-state index contributed by atoms with van der Waals surface area (Å²) in [5.41, 5.74) is 3.41. The Morgan fingerprint density at radius 3 is 2.44 bits per heavy atom. The number of carbonyl (C=O) groups excluding carboxylic acids is 1. The van der Waals surface area contributed by atoms with Crippen LogP contribution < -0.4 is 10.2 Å². The number of hydrogen-bond donors (Lipinski definition) is 1. The van der Waals surface area contributed by atoms with Gasteiger partial charge in [-0.15, -0.1) is 0 Å². The Kier molecular flexibility index (Phi) is 4.79. The Hall–Kier alpha value is -1.55. The maximum atomic E-state index is 11.3. The molecule has 1 N–H and O–H groups in total. The highest BCUT2D eigenvalue weighted by Crippen LogP contribution is 2.21. The van der Waals surface area contributed by atoms with Crippen LogP contribution in [0.3, 0.4) is 0 Å². The highest BCUT2D eigenvalue weighted by molar-refractivity contribution is 5.75. The Bertz CT molecular complexity index is 335. The van der Waals surface area contributed by atoms with Gasteiger partial charge in [-0.25, -0.2) is 5.48 Å². The van der Waals surface area contributed by atoms with E-state index in [1.165, 1.54) is 7.11 Å². The molecular formula is C12H17NO3. The molecule has 1 aromatic carbocycles. The summed E-state index contributed by atoms with van der Waals surface area (Å²) in [6.45, 7) is 2.00. The summed E-state index contributed by atoms with van der Waals surface area (Å²) < 4.78 is 5.07. The van der Waals surface area contributed by atoms with Gasteiger partial charge in [0.25, 0.3) is 0 Å². The van der Waals surface area contributed by atoms with Gasteiger partial charge in [0, 0.05) is 6.42 Å². The molecule has 1 amide bonds.